The molecule has 30 heavy (non-hydrogen) atoms. The number of halogens is 1. The Morgan fingerprint density at radius 2 is 1.80 bits per heavy atom. The highest BCUT2D eigenvalue weighted by Gasteiger charge is 2.41. The molecule has 1 N–H and O–H groups in total. The zero-order valence-corrected chi connectivity index (χ0v) is 19.4. The normalized spacial score (nSPS) is 17.0. The van der Waals surface area contributed by atoms with Gasteiger partial charge in [-0.3, -0.25) is 0 Å². The molecule has 5 rings (SSSR count). The lowest BCUT2D eigenvalue weighted by Crippen LogP contribution is -2.25. The number of ether oxygens (including phenoxy) is 1. The monoisotopic (exact) mass is 508 g/mol. The van der Waals surface area contributed by atoms with Gasteiger partial charge in [0.05, 0.1) is 12.6 Å². The van der Waals surface area contributed by atoms with Gasteiger partial charge in [-0.2, -0.15) is 0 Å². The third-order valence-electron chi connectivity index (χ3n) is 6.17. The minimum absolute atomic E-state index is 0.0166. The molecule has 0 saturated carbocycles. The van der Waals surface area contributed by atoms with E-state index in [0.29, 0.717) is 6.61 Å². The fourth-order valence-corrected chi connectivity index (χ4v) is 5.15. The van der Waals surface area contributed by atoms with E-state index in [-0.39, 0.29) is 11.5 Å². The van der Waals surface area contributed by atoms with Crippen LogP contribution in [0.3, 0.4) is 0 Å². The Balaban J connectivity index is 1.45. The van der Waals surface area contributed by atoms with Crippen LogP contribution in [0.15, 0.2) is 79.0 Å². The van der Waals surface area contributed by atoms with Crippen LogP contribution in [-0.4, -0.2) is 11.2 Å². The zero-order valence-electron chi connectivity index (χ0n) is 17.2. The fraction of sp³-hybridized carbons (Fsp3) is 0.231. The van der Waals surface area contributed by atoms with E-state index in [1.54, 1.807) is 0 Å². The minimum Gasteiger partial charge on any atom is -0.492 e. The van der Waals surface area contributed by atoms with Crippen molar-refractivity contribution in [2.45, 2.75) is 31.8 Å². The maximum Gasteiger partial charge on any atom is 0.120 e. The second-order valence-corrected chi connectivity index (χ2v) is 9.69. The largest absolute Gasteiger partial charge is 0.492 e. The number of para-hydroxylation sites is 2. The molecule has 1 aliphatic rings. The summed E-state index contributed by atoms with van der Waals surface area (Å²) in [5, 5.41) is 5.10. The summed E-state index contributed by atoms with van der Waals surface area (Å²) in [4.78, 5) is 0. The van der Waals surface area contributed by atoms with Gasteiger partial charge in [0.25, 0.3) is 0 Å². The number of nitrogens with one attached hydrogen (secondary N) is 1. The van der Waals surface area contributed by atoms with Gasteiger partial charge in [0.15, 0.2) is 0 Å². The molecular formula is C26H25IN2O. The van der Waals surface area contributed by atoms with Crippen molar-refractivity contribution < 1.29 is 4.74 Å². The molecule has 1 aromatic heterocycles. The second kappa shape index (κ2) is 7.65. The van der Waals surface area contributed by atoms with E-state index < -0.39 is 0 Å². The molecule has 0 radical (unpaired) electrons. The highest BCUT2D eigenvalue weighted by Crippen LogP contribution is 2.49. The van der Waals surface area contributed by atoms with Gasteiger partial charge in [0, 0.05) is 37.3 Å². The molecule has 2 heterocycles. The molecule has 0 saturated heterocycles. The average Bonchev–Trinajstić information content (AvgIpc) is 3.23. The van der Waals surface area contributed by atoms with Crippen LogP contribution in [0.25, 0.3) is 10.9 Å². The lowest BCUT2D eigenvalue weighted by molar-refractivity contribution is 0.300. The lowest BCUT2D eigenvalue weighted by Gasteiger charge is -2.27. The Labute approximate surface area is 191 Å². The number of aromatic nitrogens is 1. The van der Waals surface area contributed by atoms with Gasteiger partial charge < -0.3 is 14.6 Å². The molecule has 152 valence electrons. The van der Waals surface area contributed by atoms with E-state index in [4.69, 9.17) is 4.74 Å². The van der Waals surface area contributed by atoms with Crippen LogP contribution in [0.4, 0.5) is 5.69 Å². The third kappa shape index (κ3) is 3.37. The average molecular weight is 508 g/mol. The molecule has 3 nitrogen and oxygen atoms in total. The number of benzene rings is 3. The molecule has 1 aliphatic heterocycles. The molecule has 1 unspecified atom stereocenters. The Hall–Kier alpha value is -2.47. The van der Waals surface area contributed by atoms with Crippen molar-refractivity contribution in [2.75, 3.05) is 11.9 Å². The Kier molecular flexibility index (Phi) is 4.97. The SMILES string of the molecule is CC1(C)c2ccccc2NC1c1cn(CCOc2cccc(I)c2)c2ccccc12. The van der Waals surface area contributed by atoms with Crippen molar-refractivity contribution in [1.82, 2.24) is 4.57 Å². The molecule has 0 amide bonds. The highest BCUT2D eigenvalue weighted by atomic mass is 127. The van der Waals surface area contributed by atoms with Gasteiger partial charge in [-0.1, -0.05) is 56.3 Å². The van der Waals surface area contributed by atoms with Gasteiger partial charge in [0.2, 0.25) is 0 Å². The van der Waals surface area contributed by atoms with E-state index in [1.807, 2.05) is 12.1 Å². The highest BCUT2D eigenvalue weighted by molar-refractivity contribution is 14.1. The standard InChI is InChI=1S/C26H25IN2O/c1-26(2)22-11-4-5-12-23(22)28-25(26)21-17-29(24-13-6-3-10-20(21)24)14-15-30-19-9-7-8-18(27)16-19/h3-13,16-17,25,28H,14-15H2,1-2H3. The van der Waals surface area contributed by atoms with E-state index in [1.165, 1.54) is 31.3 Å². The number of nitrogens with zero attached hydrogens (tertiary/aromatic N) is 1. The van der Waals surface area contributed by atoms with Gasteiger partial charge in [-0.25, -0.2) is 0 Å². The molecule has 0 bridgehead atoms. The molecular weight excluding hydrogens is 483 g/mol. The second-order valence-electron chi connectivity index (χ2n) is 8.45. The predicted molar refractivity (Wildman–Crippen MR) is 132 cm³/mol. The van der Waals surface area contributed by atoms with Crippen molar-refractivity contribution in [3.63, 3.8) is 0 Å². The molecule has 3 aromatic carbocycles. The summed E-state index contributed by atoms with van der Waals surface area (Å²) in [7, 11) is 0. The van der Waals surface area contributed by atoms with Gasteiger partial charge in [0.1, 0.15) is 12.4 Å². The molecule has 0 spiro atoms. The summed E-state index contributed by atoms with van der Waals surface area (Å²) in [6.45, 7) is 6.12. The van der Waals surface area contributed by atoms with E-state index >= 15 is 0 Å². The summed E-state index contributed by atoms with van der Waals surface area (Å²) in [5.41, 5.74) is 5.25. The number of hydrogen-bond acceptors (Lipinski definition) is 2. The van der Waals surface area contributed by atoms with Crippen molar-refractivity contribution in [3.8, 4) is 5.75 Å². The van der Waals surface area contributed by atoms with Crippen LogP contribution in [0.2, 0.25) is 0 Å². The van der Waals surface area contributed by atoms with Crippen molar-refractivity contribution in [3.05, 3.63) is 93.7 Å². The number of rotatable bonds is 5. The van der Waals surface area contributed by atoms with Crippen LogP contribution in [0.1, 0.15) is 31.0 Å². The molecule has 1 atom stereocenters. The van der Waals surface area contributed by atoms with E-state index in [2.05, 4.69) is 113 Å². The first-order valence-corrected chi connectivity index (χ1v) is 11.4. The Bertz CT molecular complexity index is 1210. The van der Waals surface area contributed by atoms with Crippen molar-refractivity contribution in [1.29, 1.82) is 0 Å². The number of hydrogen-bond donors (Lipinski definition) is 1. The maximum absolute atomic E-state index is 6.02. The van der Waals surface area contributed by atoms with Crippen LogP contribution in [0.5, 0.6) is 5.75 Å². The number of fused-ring (bicyclic) bond motifs is 2. The topological polar surface area (TPSA) is 26.2 Å². The first-order valence-electron chi connectivity index (χ1n) is 10.4. The molecule has 4 aromatic rings. The van der Waals surface area contributed by atoms with Gasteiger partial charge in [-0.05, 0) is 58.5 Å². The van der Waals surface area contributed by atoms with Crippen molar-refractivity contribution in [2.24, 2.45) is 0 Å². The smallest absolute Gasteiger partial charge is 0.120 e. The van der Waals surface area contributed by atoms with Crippen molar-refractivity contribution >= 4 is 39.2 Å². The molecule has 0 aliphatic carbocycles. The fourth-order valence-electron chi connectivity index (χ4n) is 4.64. The Morgan fingerprint density at radius 3 is 2.63 bits per heavy atom. The van der Waals surface area contributed by atoms with Crippen LogP contribution >= 0.6 is 22.6 Å². The lowest BCUT2D eigenvalue weighted by atomic mass is 9.78. The van der Waals surface area contributed by atoms with Gasteiger partial charge in [-0.15, -0.1) is 0 Å². The summed E-state index contributed by atoms with van der Waals surface area (Å²) in [6, 6.07) is 25.8. The number of anilines is 1. The van der Waals surface area contributed by atoms with E-state index in [9.17, 15) is 0 Å². The van der Waals surface area contributed by atoms with Crippen LogP contribution < -0.4 is 10.1 Å². The van der Waals surface area contributed by atoms with Crippen LogP contribution in [0, 0.1) is 3.57 Å². The van der Waals surface area contributed by atoms with Gasteiger partial charge >= 0.3 is 0 Å². The predicted octanol–water partition coefficient (Wildman–Crippen LogP) is 6.77. The summed E-state index contributed by atoms with van der Waals surface area (Å²) >= 11 is 2.32. The first kappa shape index (κ1) is 19.5. The summed E-state index contributed by atoms with van der Waals surface area (Å²) in [6.07, 6.45) is 2.31. The van der Waals surface area contributed by atoms with Crippen LogP contribution in [-0.2, 0) is 12.0 Å². The molecule has 4 heteroatoms. The summed E-state index contributed by atoms with van der Waals surface area (Å²) < 4.78 is 9.55. The summed E-state index contributed by atoms with van der Waals surface area (Å²) in [5.74, 6) is 0.924. The minimum atomic E-state index is 0.0166. The zero-order chi connectivity index (χ0) is 20.7. The first-order chi connectivity index (χ1) is 14.5. The Morgan fingerprint density at radius 1 is 1.00 bits per heavy atom. The third-order valence-corrected chi connectivity index (χ3v) is 6.84. The quantitative estimate of drug-likeness (QED) is 0.301. The van der Waals surface area contributed by atoms with E-state index in [0.717, 1.165) is 12.3 Å². The molecule has 0 fully saturated rings. The maximum atomic E-state index is 6.02.